The van der Waals surface area contributed by atoms with Gasteiger partial charge in [0.05, 0.1) is 16.3 Å². The van der Waals surface area contributed by atoms with Crippen LogP contribution in [0, 0.1) is 11.3 Å². The van der Waals surface area contributed by atoms with Crippen molar-refractivity contribution in [2.45, 2.75) is 31.1 Å². The van der Waals surface area contributed by atoms with E-state index in [-0.39, 0.29) is 5.41 Å². The van der Waals surface area contributed by atoms with Crippen molar-refractivity contribution >= 4 is 10.2 Å². The molecule has 0 bridgehead atoms. The lowest BCUT2D eigenvalue weighted by molar-refractivity contribution is -0.146. The van der Waals surface area contributed by atoms with Gasteiger partial charge in [-0.1, -0.05) is 0 Å². The fourth-order valence-electron chi connectivity index (χ4n) is 0.938. The Labute approximate surface area is 77.1 Å². The summed E-state index contributed by atoms with van der Waals surface area (Å²) in [7, 11) is 4.20. The Bertz CT molecular complexity index is 152. The van der Waals surface area contributed by atoms with Crippen molar-refractivity contribution in [3.63, 3.8) is 0 Å². The summed E-state index contributed by atoms with van der Waals surface area (Å²) in [6, 6.07) is 2.12. The number of hydrogen-bond acceptors (Lipinski definition) is 3. The third-order valence-corrected chi connectivity index (χ3v) is 3.35. The Morgan fingerprint density at radius 3 is 2.33 bits per heavy atom. The van der Waals surface area contributed by atoms with Gasteiger partial charge < -0.3 is 9.47 Å². The van der Waals surface area contributed by atoms with Crippen LogP contribution >= 0.6 is 0 Å². The van der Waals surface area contributed by atoms with Crippen molar-refractivity contribution in [1.82, 2.24) is 0 Å². The van der Waals surface area contributed by atoms with Gasteiger partial charge in [-0.05, 0) is 19.3 Å². The molecule has 0 fully saturated rings. The number of hydrogen-bond donors (Lipinski definition) is 0. The lowest BCUT2D eigenvalue weighted by Gasteiger charge is -2.26. The van der Waals surface area contributed by atoms with Gasteiger partial charge in [0.1, 0.15) is 5.41 Å². The molecule has 12 heavy (non-hydrogen) atoms. The van der Waals surface area contributed by atoms with E-state index in [0.717, 1.165) is 29.5 Å². The predicted octanol–water partition coefficient (Wildman–Crippen LogP) is 0.382. The average molecular weight is 187 g/mol. The molecule has 0 atom stereocenters. The molecule has 0 aromatic rings. The van der Waals surface area contributed by atoms with Crippen LogP contribution in [0.5, 0.6) is 0 Å². The monoisotopic (exact) mass is 187 g/mol. The van der Waals surface area contributed by atoms with Crippen LogP contribution in [0.15, 0.2) is 0 Å². The van der Waals surface area contributed by atoms with Gasteiger partial charge >= 0.3 is 0 Å². The van der Waals surface area contributed by atoms with Crippen LogP contribution in [0.2, 0.25) is 0 Å². The number of nitriles is 1. The molecule has 0 amide bonds. The van der Waals surface area contributed by atoms with Crippen LogP contribution in [-0.4, -0.2) is 29.9 Å². The standard InChI is InChI=1S/C8H17NO2Si/c1-10-8(12,11-2)6-4-3-5-7-9/h3-6H2,1-2,12H3. The van der Waals surface area contributed by atoms with E-state index in [1.54, 1.807) is 14.2 Å². The molecule has 0 unspecified atom stereocenters. The van der Waals surface area contributed by atoms with Gasteiger partial charge in [0.25, 0.3) is 0 Å². The summed E-state index contributed by atoms with van der Waals surface area (Å²) < 4.78 is 10.4. The molecular weight excluding hydrogens is 170 g/mol. The summed E-state index contributed by atoms with van der Waals surface area (Å²) in [5.74, 6) is 0. The minimum absolute atomic E-state index is 0.338. The topological polar surface area (TPSA) is 42.2 Å². The summed E-state index contributed by atoms with van der Waals surface area (Å²) in [4.78, 5) is 0. The lowest BCUT2D eigenvalue weighted by atomic mass is 10.2. The Balaban J connectivity index is 3.53. The highest BCUT2D eigenvalue weighted by Gasteiger charge is 2.20. The van der Waals surface area contributed by atoms with Gasteiger partial charge in [0.2, 0.25) is 0 Å². The fourth-order valence-corrected chi connectivity index (χ4v) is 1.29. The second-order valence-electron chi connectivity index (χ2n) is 2.91. The maximum Gasteiger partial charge on any atom is 0.140 e. The normalized spacial score (nSPS) is 11.4. The van der Waals surface area contributed by atoms with Crippen molar-refractivity contribution in [3.05, 3.63) is 0 Å². The van der Waals surface area contributed by atoms with E-state index in [0.29, 0.717) is 6.42 Å². The summed E-state index contributed by atoms with van der Waals surface area (Å²) in [6.07, 6.45) is 3.46. The van der Waals surface area contributed by atoms with Gasteiger partial charge in [0, 0.05) is 20.6 Å². The molecule has 0 radical (unpaired) electrons. The molecule has 4 heteroatoms. The van der Waals surface area contributed by atoms with Crippen molar-refractivity contribution in [1.29, 1.82) is 5.26 Å². The number of nitrogens with zero attached hydrogens (tertiary/aromatic N) is 1. The molecule has 0 aliphatic heterocycles. The van der Waals surface area contributed by atoms with Crippen molar-refractivity contribution in [3.8, 4) is 6.07 Å². The molecular formula is C8H17NO2Si. The van der Waals surface area contributed by atoms with Crippen molar-refractivity contribution in [2.75, 3.05) is 14.2 Å². The molecule has 0 aromatic heterocycles. The SMILES string of the molecule is COC([SiH3])(CCCCC#N)OC. The van der Waals surface area contributed by atoms with Gasteiger partial charge in [-0.3, -0.25) is 0 Å². The maximum atomic E-state index is 8.31. The molecule has 0 aromatic carbocycles. The molecule has 0 saturated heterocycles. The Hall–Kier alpha value is -0.373. The van der Waals surface area contributed by atoms with Gasteiger partial charge in [0.15, 0.2) is 0 Å². The lowest BCUT2D eigenvalue weighted by Crippen LogP contribution is -2.33. The van der Waals surface area contributed by atoms with Crippen LogP contribution in [0.1, 0.15) is 25.7 Å². The Morgan fingerprint density at radius 2 is 1.92 bits per heavy atom. The van der Waals surface area contributed by atoms with Gasteiger partial charge in [-0.15, -0.1) is 0 Å². The third kappa shape index (κ3) is 4.49. The van der Waals surface area contributed by atoms with Crippen LogP contribution in [0.25, 0.3) is 0 Å². The highest BCUT2D eigenvalue weighted by molar-refractivity contribution is 6.13. The summed E-state index contributed by atoms with van der Waals surface area (Å²) in [5, 5.41) is 8.31. The zero-order valence-corrected chi connectivity index (χ0v) is 10.1. The summed E-state index contributed by atoms with van der Waals surface area (Å²) in [5.41, 5.74) is -0.338. The zero-order valence-electron chi connectivity index (χ0n) is 8.09. The molecule has 0 N–H and O–H groups in total. The Morgan fingerprint density at radius 1 is 1.33 bits per heavy atom. The average Bonchev–Trinajstić information content (AvgIpc) is 2.12. The minimum atomic E-state index is -0.338. The van der Waals surface area contributed by atoms with Gasteiger partial charge in [-0.2, -0.15) is 5.26 Å². The Kier molecular flexibility index (Phi) is 5.99. The first kappa shape index (κ1) is 11.6. The first-order valence-electron chi connectivity index (χ1n) is 4.16. The van der Waals surface area contributed by atoms with Crippen LogP contribution < -0.4 is 0 Å². The van der Waals surface area contributed by atoms with Crippen LogP contribution in [-0.2, 0) is 9.47 Å². The molecule has 0 saturated carbocycles. The van der Waals surface area contributed by atoms with E-state index in [9.17, 15) is 0 Å². The first-order valence-corrected chi connectivity index (χ1v) is 5.16. The third-order valence-electron chi connectivity index (χ3n) is 2.03. The number of methoxy groups -OCH3 is 2. The van der Waals surface area contributed by atoms with Gasteiger partial charge in [-0.25, -0.2) is 0 Å². The highest BCUT2D eigenvalue weighted by Crippen LogP contribution is 2.15. The molecule has 0 heterocycles. The fraction of sp³-hybridized carbons (Fsp3) is 0.875. The molecule has 0 spiro atoms. The summed E-state index contributed by atoms with van der Waals surface area (Å²) >= 11 is 0. The molecule has 70 valence electrons. The van der Waals surface area contributed by atoms with Crippen LogP contribution in [0.4, 0.5) is 0 Å². The van der Waals surface area contributed by atoms with Crippen molar-refractivity contribution < 1.29 is 9.47 Å². The zero-order chi connectivity index (χ0) is 9.45. The summed E-state index contributed by atoms with van der Waals surface area (Å²) in [6.45, 7) is 0. The minimum Gasteiger partial charge on any atom is -0.358 e. The quantitative estimate of drug-likeness (QED) is 0.343. The first-order chi connectivity index (χ1) is 5.68. The highest BCUT2D eigenvalue weighted by atomic mass is 28.1. The van der Waals surface area contributed by atoms with E-state index >= 15 is 0 Å². The largest absolute Gasteiger partial charge is 0.358 e. The van der Waals surface area contributed by atoms with E-state index in [1.807, 2.05) is 0 Å². The molecule has 3 nitrogen and oxygen atoms in total. The number of rotatable bonds is 6. The van der Waals surface area contributed by atoms with E-state index in [4.69, 9.17) is 14.7 Å². The van der Waals surface area contributed by atoms with Crippen molar-refractivity contribution in [2.24, 2.45) is 0 Å². The van der Waals surface area contributed by atoms with E-state index in [2.05, 4.69) is 6.07 Å². The second kappa shape index (κ2) is 6.18. The smallest absolute Gasteiger partial charge is 0.140 e. The molecule has 0 aliphatic carbocycles. The number of ether oxygens (including phenoxy) is 2. The molecule has 0 aliphatic rings. The van der Waals surface area contributed by atoms with Crippen LogP contribution in [0.3, 0.4) is 0 Å². The second-order valence-corrected chi connectivity index (χ2v) is 4.43. The van der Waals surface area contributed by atoms with E-state index < -0.39 is 0 Å². The maximum absolute atomic E-state index is 8.31. The van der Waals surface area contributed by atoms with E-state index in [1.165, 1.54) is 0 Å². The number of unbranched alkanes of at least 4 members (excludes halogenated alkanes) is 2. The molecule has 0 rings (SSSR count). The predicted molar refractivity (Wildman–Crippen MR) is 50.8 cm³/mol.